The lowest BCUT2D eigenvalue weighted by molar-refractivity contribution is 0.549. The van der Waals surface area contributed by atoms with Crippen molar-refractivity contribution in [3.63, 3.8) is 0 Å². The lowest BCUT2D eigenvalue weighted by Gasteiger charge is -2.30. The molecule has 4 rings (SSSR count). The van der Waals surface area contributed by atoms with Crippen molar-refractivity contribution < 1.29 is 0 Å². The van der Waals surface area contributed by atoms with Gasteiger partial charge in [-0.15, -0.1) is 0 Å². The second-order valence-corrected chi connectivity index (χ2v) is 9.80. The Labute approximate surface area is 204 Å². The van der Waals surface area contributed by atoms with Crippen LogP contribution in [0.5, 0.6) is 0 Å². The standard InChI is InChI=1S/C32H36N2/c1-5-32(4,28-12-6-24(7-13-28)20-26-10-16-30(33)18-22(26)2)29-14-8-25(9-15-29)21-27-11-17-31(34)19-23(27)3/h6-19H,5,20-21,33-34H2,1-4H3. The summed E-state index contributed by atoms with van der Waals surface area (Å²) in [5.74, 6) is 0. The molecule has 0 aliphatic carbocycles. The third-order valence-corrected chi connectivity index (χ3v) is 7.41. The number of hydrogen-bond acceptors (Lipinski definition) is 2. The van der Waals surface area contributed by atoms with Gasteiger partial charge in [-0.05, 0) is 102 Å². The molecule has 0 spiro atoms. The highest BCUT2D eigenvalue weighted by Gasteiger charge is 2.26. The van der Waals surface area contributed by atoms with Crippen LogP contribution in [0.3, 0.4) is 0 Å². The minimum atomic E-state index is -0.0225. The van der Waals surface area contributed by atoms with Crippen LogP contribution in [0.1, 0.15) is 64.8 Å². The van der Waals surface area contributed by atoms with Gasteiger partial charge >= 0.3 is 0 Å². The third-order valence-electron chi connectivity index (χ3n) is 7.41. The van der Waals surface area contributed by atoms with Crippen molar-refractivity contribution in [2.45, 2.75) is 52.4 Å². The van der Waals surface area contributed by atoms with Gasteiger partial charge in [-0.25, -0.2) is 0 Å². The van der Waals surface area contributed by atoms with Gasteiger partial charge in [-0.2, -0.15) is 0 Å². The average Bonchev–Trinajstić information content (AvgIpc) is 2.83. The topological polar surface area (TPSA) is 52.0 Å². The zero-order valence-corrected chi connectivity index (χ0v) is 20.9. The van der Waals surface area contributed by atoms with Crippen LogP contribution in [-0.2, 0) is 18.3 Å². The van der Waals surface area contributed by atoms with Crippen molar-refractivity contribution in [2.24, 2.45) is 0 Å². The van der Waals surface area contributed by atoms with Gasteiger partial charge in [0, 0.05) is 16.8 Å². The molecule has 0 heterocycles. The lowest BCUT2D eigenvalue weighted by Crippen LogP contribution is -2.22. The SMILES string of the molecule is CCC(C)(c1ccc(Cc2ccc(N)cc2C)cc1)c1ccc(Cc2ccc(N)cc2C)cc1. The van der Waals surface area contributed by atoms with E-state index >= 15 is 0 Å². The molecule has 0 amide bonds. The third kappa shape index (κ3) is 5.02. The lowest BCUT2D eigenvalue weighted by atomic mass is 9.74. The normalized spacial score (nSPS) is 11.5. The van der Waals surface area contributed by atoms with E-state index in [9.17, 15) is 0 Å². The molecule has 0 aromatic heterocycles. The zero-order chi connectivity index (χ0) is 24.3. The molecule has 0 aliphatic heterocycles. The Kier molecular flexibility index (Phi) is 6.79. The van der Waals surface area contributed by atoms with Crippen molar-refractivity contribution >= 4 is 11.4 Å². The van der Waals surface area contributed by atoms with Gasteiger partial charge in [0.25, 0.3) is 0 Å². The first-order chi connectivity index (χ1) is 16.3. The molecule has 0 saturated heterocycles. The Morgan fingerprint density at radius 3 is 1.29 bits per heavy atom. The number of anilines is 2. The summed E-state index contributed by atoms with van der Waals surface area (Å²) in [4.78, 5) is 0. The Bertz CT molecular complexity index is 1170. The summed E-state index contributed by atoms with van der Waals surface area (Å²) in [6.07, 6.45) is 2.89. The first-order valence-corrected chi connectivity index (χ1v) is 12.2. The zero-order valence-electron chi connectivity index (χ0n) is 20.9. The van der Waals surface area contributed by atoms with Gasteiger partial charge in [-0.3, -0.25) is 0 Å². The van der Waals surface area contributed by atoms with Crippen LogP contribution in [0.15, 0.2) is 84.9 Å². The number of benzene rings is 4. The first-order valence-electron chi connectivity index (χ1n) is 12.2. The van der Waals surface area contributed by atoms with Gasteiger partial charge in [-0.1, -0.05) is 74.5 Å². The maximum absolute atomic E-state index is 5.91. The van der Waals surface area contributed by atoms with E-state index in [1.54, 1.807) is 0 Å². The summed E-state index contributed by atoms with van der Waals surface area (Å²) in [7, 11) is 0. The minimum absolute atomic E-state index is 0.0225. The van der Waals surface area contributed by atoms with Gasteiger partial charge in [0.1, 0.15) is 0 Å². The molecule has 4 aromatic carbocycles. The van der Waals surface area contributed by atoms with Crippen LogP contribution >= 0.6 is 0 Å². The van der Waals surface area contributed by atoms with Crippen molar-refractivity contribution in [2.75, 3.05) is 11.5 Å². The molecule has 174 valence electrons. The molecule has 0 radical (unpaired) electrons. The molecule has 0 fully saturated rings. The highest BCUT2D eigenvalue weighted by atomic mass is 14.5. The molecule has 0 bridgehead atoms. The maximum atomic E-state index is 5.91. The predicted octanol–water partition coefficient (Wildman–Crippen LogP) is 7.37. The molecule has 0 atom stereocenters. The summed E-state index contributed by atoms with van der Waals surface area (Å²) in [6, 6.07) is 30.7. The molecule has 4 aromatic rings. The van der Waals surface area contributed by atoms with E-state index in [2.05, 4.69) is 100 Å². The number of nitrogens with two attached hydrogens (primary N) is 2. The van der Waals surface area contributed by atoms with Gasteiger partial charge in [0.15, 0.2) is 0 Å². The molecule has 0 aliphatic rings. The smallest absolute Gasteiger partial charge is 0.0316 e. The van der Waals surface area contributed by atoms with Crippen LogP contribution < -0.4 is 11.5 Å². The van der Waals surface area contributed by atoms with Gasteiger partial charge in [0.2, 0.25) is 0 Å². The Balaban J connectivity index is 1.52. The number of aryl methyl sites for hydroxylation is 2. The van der Waals surface area contributed by atoms with Crippen LogP contribution in [0.25, 0.3) is 0 Å². The number of rotatable bonds is 7. The van der Waals surface area contributed by atoms with Crippen molar-refractivity contribution in [1.82, 2.24) is 0 Å². The predicted molar refractivity (Wildman–Crippen MR) is 146 cm³/mol. The molecule has 4 N–H and O–H groups in total. The molecule has 0 unspecified atom stereocenters. The monoisotopic (exact) mass is 448 g/mol. The molecule has 34 heavy (non-hydrogen) atoms. The van der Waals surface area contributed by atoms with Gasteiger partial charge < -0.3 is 11.5 Å². The van der Waals surface area contributed by atoms with Gasteiger partial charge in [0.05, 0.1) is 0 Å². The first kappa shape index (κ1) is 23.6. The summed E-state index contributed by atoms with van der Waals surface area (Å²) < 4.78 is 0. The highest BCUT2D eigenvalue weighted by Crippen LogP contribution is 2.36. The van der Waals surface area contributed by atoms with E-state index in [0.29, 0.717) is 0 Å². The summed E-state index contributed by atoms with van der Waals surface area (Å²) in [6.45, 7) is 8.89. The van der Waals surface area contributed by atoms with E-state index in [1.807, 2.05) is 12.1 Å². The molecule has 0 saturated carbocycles. The molecular formula is C32H36N2. The van der Waals surface area contributed by atoms with E-state index < -0.39 is 0 Å². The van der Waals surface area contributed by atoms with E-state index in [-0.39, 0.29) is 5.41 Å². The maximum Gasteiger partial charge on any atom is 0.0316 e. The summed E-state index contributed by atoms with van der Waals surface area (Å²) in [5, 5.41) is 0. The quantitative estimate of drug-likeness (QED) is 0.290. The Morgan fingerprint density at radius 2 is 0.971 bits per heavy atom. The Hall–Kier alpha value is -3.52. The summed E-state index contributed by atoms with van der Waals surface area (Å²) >= 11 is 0. The van der Waals surface area contributed by atoms with Crippen LogP contribution in [0.2, 0.25) is 0 Å². The largest absolute Gasteiger partial charge is 0.399 e. The van der Waals surface area contributed by atoms with Crippen LogP contribution in [0, 0.1) is 13.8 Å². The van der Waals surface area contributed by atoms with Crippen LogP contribution in [-0.4, -0.2) is 0 Å². The van der Waals surface area contributed by atoms with Crippen LogP contribution in [0.4, 0.5) is 11.4 Å². The number of nitrogen functional groups attached to an aromatic ring is 2. The molecule has 2 heteroatoms. The Morgan fingerprint density at radius 1 is 0.588 bits per heavy atom. The minimum Gasteiger partial charge on any atom is -0.399 e. The molecule has 2 nitrogen and oxygen atoms in total. The highest BCUT2D eigenvalue weighted by molar-refractivity contribution is 5.48. The number of hydrogen-bond donors (Lipinski definition) is 2. The van der Waals surface area contributed by atoms with Crippen molar-refractivity contribution in [3.8, 4) is 0 Å². The summed E-state index contributed by atoms with van der Waals surface area (Å²) in [5.41, 5.74) is 24.0. The van der Waals surface area contributed by atoms with E-state index in [1.165, 1.54) is 44.5 Å². The fourth-order valence-electron chi connectivity index (χ4n) is 4.83. The fraction of sp³-hybridized carbons (Fsp3) is 0.250. The second kappa shape index (κ2) is 9.77. The second-order valence-electron chi connectivity index (χ2n) is 9.80. The average molecular weight is 449 g/mol. The molecular weight excluding hydrogens is 412 g/mol. The van der Waals surface area contributed by atoms with E-state index in [0.717, 1.165) is 30.6 Å². The van der Waals surface area contributed by atoms with E-state index in [4.69, 9.17) is 11.5 Å². The van der Waals surface area contributed by atoms with Crippen molar-refractivity contribution in [1.29, 1.82) is 0 Å². The van der Waals surface area contributed by atoms with Crippen molar-refractivity contribution in [3.05, 3.63) is 129 Å². The fourth-order valence-corrected chi connectivity index (χ4v) is 4.83.